The summed E-state index contributed by atoms with van der Waals surface area (Å²) < 4.78 is 0. The lowest BCUT2D eigenvalue weighted by atomic mass is 9.78. The number of piperidine rings is 1. The van der Waals surface area contributed by atoms with Crippen molar-refractivity contribution < 1.29 is 0 Å². The number of fused-ring (bicyclic) bond motifs is 1. The maximum atomic E-state index is 4.41. The van der Waals surface area contributed by atoms with Gasteiger partial charge in [0.2, 0.25) is 0 Å². The Bertz CT molecular complexity index is 546. The van der Waals surface area contributed by atoms with Gasteiger partial charge in [0.05, 0.1) is 0 Å². The molecule has 2 unspecified atom stereocenters. The van der Waals surface area contributed by atoms with Crippen LogP contribution < -0.4 is 0 Å². The Hall–Kier alpha value is -1.08. The first-order valence-electron chi connectivity index (χ1n) is 9.93. The van der Waals surface area contributed by atoms with E-state index in [1.165, 1.54) is 61.8 Å². The third kappa shape index (κ3) is 4.30. The minimum Gasteiger partial charge on any atom is -0.296 e. The molecule has 1 saturated heterocycles. The molecule has 3 rings (SSSR count). The number of rotatable bonds is 4. The van der Waals surface area contributed by atoms with Crippen molar-refractivity contribution in [2.75, 3.05) is 13.1 Å². The molecule has 1 nitrogen and oxygen atoms in total. The smallest absolute Gasteiger partial charge is 0.0196 e. The van der Waals surface area contributed by atoms with E-state index in [0.717, 1.165) is 24.9 Å². The van der Waals surface area contributed by atoms with Gasteiger partial charge in [-0.3, -0.25) is 4.90 Å². The molecule has 1 aliphatic heterocycles. The summed E-state index contributed by atoms with van der Waals surface area (Å²) in [6.45, 7) is 13.6. The van der Waals surface area contributed by atoms with Gasteiger partial charge in [-0.15, -0.1) is 0 Å². The predicted octanol–water partition coefficient (Wildman–Crippen LogP) is 5.74. The van der Waals surface area contributed by atoms with Crippen LogP contribution >= 0.6 is 0 Å². The summed E-state index contributed by atoms with van der Waals surface area (Å²) in [4.78, 5) is 2.75. The molecular formula is C23H35N. The Morgan fingerprint density at radius 1 is 1.04 bits per heavy atom. The highest BCUT2D eigenvalue weighted by Crippen LogP contribution is 2.35. The molecule has 2 aliphatic rings. The van der Waals surface area contributed by atoms with Crippen LogP contribution in [0, 0.1) is 5.92 Å². The van der Waals surface area contributed by atoms with E-state index in [4.69, 9.17) is 0 Å². The zero-order valence-corrected chi connectivity index (χ0v) is 16.0. The standard InChI is InChI=1S/C23H35N/c1-18(16-19-11-13-21(14-12-19)23(2,3)4)17-24-15-7-9-20-8-5-6-10-22(20)24/h11-14,20,22H,1,5-10,15-17H2,2-4H3. The van der Waals surface area contributed by atoms with Crippen molar-refractivity contribution in [3.8, 4) is 0 Å². The fraction of sp³-hybridized carbons (Fsp3) is 0.652. The largest absolute Gasteiger partial charge is 0.296 e. The van der Waals surface area contributed by atoms with Gasteiger partial charge < -0.3 is 0 Å². The first-order chi connectivity index (χ1) is 11.4. The zero-order chi connectivity index (χ0) is 17.2. The van der Waals surface area contributed by atoms with Crippen LogP contribution in [0.4, 0.5) is 0 Å². The fourth-order valence-corrected chi connectivity index (χ4v) is 4.68. The van der Waals surface area contributed by atoms with Crippen molar-refractivity contribution in [3.05, 3.63) is 47.5 Å². The van der Waals surface area contributed by atoms with E-state index in [-0.39, 0.29) is 5.41 Å². The lowest BCUT2D eigenvalue weighted by Crippen LogP contribution is -2.47. The molecule has 1 heterocycles. The van der Waals surface area contributed by atoms with E-state index in [1.54, 1.807) is 0 Å². The van der Waals surface area contributed by atoms with Gasteiger partial charge in [-0.1, -0.05) is 70.0 Å². The molecule has 0 radical (unpaired) electrons. The number of nitrogens with zero attached hydrogens (tertiary/aromatic N) is 1. The lowest BCUT2D eigenvalue weighted by molar-refractivity contribution is 0.0687. The van der Waals surface area contributed by atoms with Crippen LogP contribution in [-0.2, 0) is 11.8 Å². The summed E-state index contributed by atoms with van der Waals surface area (Å²) >= 11 is 0. The molecule has 1 saturated carbocycles. The van der Waals surface area contributed by atoms with Gasteiger partial charge in [0.1, 0.15) is 0 Å². The Morgan fingerprint density at radius 3 is 2.42 bits per heavy atom. The number of hydrogen-bond acceptors (Lipinski definition) is 1. The van der Waals surface area contributed by atoms with Gasteiger partial charge in [-0.05, 0) is 61.1 Å². The van der Waals surface area contributed by atoms with Crippen molar-refractivity contribution in [2.24, 2.45) is 5.92 Å². The highest BCUT2D eigenvalue weighted by Gasteiger charge is 2.32. The summed E-state index contributed by atoms with van der Waals surface area (Å²) in [6, 6.07) is 10.0. The summed E-state index contributed by atoms with van der Waals surface area (Å²) in [6.07, 6.45) is 9.63. The van der Waals surface area contributed by atoms with Crippen molar-refractivity contribution in [1.82, 2.24) is 4.90 Å². The van der Waals surface area contributed by atoms with Crippen LogP contribution in [0.25, 0.3) is 0 Å². The zero-order valence-electron chi connectivity index (χ0n) is 16.0. The van der Waals surface area contributed by atoms with E-state index >= 15 is 0 Å². The fourth-order valence-electron chi connectivity index (χ4n) is 4.68. The van der Waals surface area contributed by atoms with Gasteiger partial charge in [-0.25, -0.2) is 0 Å². The Labute approximate surface area is 149 Å². The molecule has 2 fully saturated rings. The van der Waals surface area contributed by atoms with Crippen molar-refractivity contribution in [2.45, 2.75) is 77.2 Å². The summed E-state index contributed by atoms with van der Waals surface area (Å²) in [5.41, 5.74) is 4.44. The van der Waals surface area contributed by atoms with E-state index < -0.39 is 0 Å². The average Bonchev–Trinajstić information content (AvgIpc) is 2.55. The van der Waals surface area contributed by atoms with Crippen LogP contribution in [0.5, 0.6) is 0 Å². The summed E-state index contributed by atoms with van der Waals surface area (Å²) in [5, 5.41) is 0. The molecule has 2 atom stereocenters. The quantitative estimate of drug-likeness (QED) is 0.638. The van der Waals surface area contributed by atoms with Crippen LogP contribution in [0.1, 0.15) is 70.4 Å². The second-order valence-electron chi connectivity index (χ2n) is 9.10. The number of benzene rings is 1. The third-order valence-electron chi connectivity index (χ3n) is 6.06. The second-order valence-corrected chi connectivity index (χ2v) is 9.10. The normalized spacial score (nSPS) is 25.3. The molecule has 1 aromatic carbocycles. The van der Waals surface area contributed by atoms with Gasteiger partial charge in [0.25, 0.3) is 0 Å². The molecule has 0 bridgehead atoms. The maximum absolute atomic E-state index is 4.41. The van der Waals surface area contributed by atoms with E-state index in [1.807, 2.05) is 0 Å². The highest BCUT2D eigenvalue weighted by molar-refractivity contribution is 5.29. The molecule has 0 amide bonds. The Balaban J connectivity index is 1.57. The molecule has 1 heteroatoms. The van der Waals surface area contributed by atoms with Gasteiger partial charge in [-0.2, -0.15) is 0 Å². The van der Waals surface area contributed by atoms with Crippen LogP contribution in [0.2, 0.25) is 0 Å². The SMILES string of the molecule is C=C(Cc1ccc(C(C)(C)C)cc1)CN1CCCC2CCCCC21. The molecule has 0 N–H and O–H groups in total. The summed E-state index contributed by atoms with van der Waals surface area (Å²) in [7, 11) is 0. The number of likely N-dealkylation sites (tertiary alicyclic amines) is 1. The lowest BCUT2D eigenvalue weighted by Gasteiger charge is -2.44. The summed E-state index contributed by atoms with van der Waals surface area (Å²) in [5.74, 6) is 0.964. The topological polar surface area (TPSA) is 3.24 Å². The van der Waals surface area contributed by atoms with Crippen LogP contribution in [0.3, 0.4) is 0 Å². The average molecular weight is 326 g/mol. The van der Waals surface area contributed by atoms with Gasteiger partial charge in [0.15, 0.2) is 0 Å². The molecule has 132 valence electrons. The first-order valence-corrected chi connectivity index (χ1v) is 9.93. The molecule has 1 aliphatic carbocycles. The van der Waals surface area contributed by atoms with Gasteiger partial charge >= 0.3 is 0 Å². The van der Waals surface area contributed by atoms with Crippen LogP contribution in [-0.4, -0.2) is 24.0 Å². The van der Waals surface area contributed by atoms with Crippen molar-refractivity contribution >= 4 is 0 Å². The molecular weight excluding hydrogens is 290 g/mol. The first kappa shape index (κ1) is 17.7. The molecule has 1 aromatic rings. The maximum Gasteiger partial charge on any atom is 0.0196 e. The molecule has 24 heavy (non-hydrogen) atoms. The monoisotopic (exact) mass is 325 g/mol. The van der Waals surface area contributed by atoms with E-state index in [2.05, 4.69) is 56.5 Å². The third-order valence-corrected chi connectivity index (χ3v) is 6.06. The molecule has 0 spiro atoms. The minimum absolute atomic E-state index is 0.235. The minimum atomic E-state index is 0.235. The Morgan fingerprint density at radius 2 is 1.71 bits per heavy atom. The second kappa shape index (κ2) is 7.44. The highest BCUT2D eigenvalue weighted by atomic mass is 15.2. The predicted molar refractivity (Wildman–Crippen MR) is 105 cm³/mol. The Kier molecular flexibility index (Phi) is 5.49. The van der Waals surface area contributed by atoms with Crippen molar-refractivity contribution in [3.63, 3.8) is 0 Å². The molecule has 0 aromatic heterocycles. The number of hydrogen-bond donors (Lipinski definition) is 0. The van der Waals surface area contributed by atoms with Crippen LogP contribution in [0.15, 0.2) is 36.4 Å². The van der Waals surface area contributed by atoms with Gasteiger partial charge in [0, 0.05) is 12.6 Å². The van der Waals surface area contributed by atoms with E-state index in [9.17, 15) is 0 Å². The van der Waals surface area contributed by atoms with E-state index in [0.29, 0.717) is 0 Å². The van der Waals surface area contributed by atoms with Crippen molar-refractivity contribution in [1.29, 1.82) is 0 Å².